The lowest BCUT2D eigenvalue weighted by Crippen LogP contribution is -2.58. The maximum atomic E-state index is 9.01. The molecule has 0 bridgehead atoms. The van der Waals surface area contributed by atoms with Crippen molar-refractivity contribution in [1.82, 2.24) is 9.55 Å². The van der Waals surface area contributed by atoms with Crippen LogP contribution in [0.25, 0.3) is 0 Å². The van der Waals surface area contributed by atoms with E-state index in [0.717, 1.165) is 0 Å². The average molecular weight is 227 g/mol. The first-order chi connectivity index (χ1) is 6.22. The van der Waals surface area contributed by atoms with E-state index in [1.807, 2.05) is 13.2 Å². The third kappa shape index (κ3) is 6.78. The van der Waals surface area contributed by atoms with E-state index in [1.165, 1.54) is 0 Å². The van der Waals surface area contributed by atoms with Gasteiger partial charge in [0, 0.05) is 19.4 Å². The van der Waals surface area contributed by atoms with Crippen molar-refractivity contribution in [2.24, 2.45) is 7.05 Å². The van der Waals surface area contributed by atoms with Crippen LogP contribution in [-0.4, -0.2) is 19.3 Å². The molecule has 0 saturated heterocycles. The van der Waals surface area contributed by atoms with E-state index >= 15 is 0 Å². The number of aliphatic hydroxyl groups excluding tert-OH is 1. The van der Waals surface area contributed by atoms with Crippen LogP contribution in [0.5, 0.6) is 0 Å². The normalized spacial score (nSPS) is 13.1. The molecule has 1 atom stereocenters. The molecule has 0 aliphatic carbocycles. The number of hydrogen-bond donors (Lipinski definition) is 2. The molecule has 1 unspecified atom stereocenters. The van der Waals surface area contributed by atoms with Crippen LogP contribution < -0.4 is 14.0 Å². The van der Waals surface area contributed by atoms with Crippen LogP contribution in [0.2, 0.25) is 0 Å². The summed E-state index contributed by atoms with van der Waals surface area (Å²) in [6, 6.07) is 0. The van der Waals surface area contributed by atoms with Gasteiger partial charge >= 0.3 is 0 Å². The second kappa shape index (κ2) is 5.25. The Morgan fingerprint density at radius 2 is 1.93 bits per heavy atom. The first kappa shape index (κ1) is 13.3. The molecule has 0 aliphatic rings. The highest BCUT2D eigenvalue weighted by Crippen LogP contribution is 2.05. The third-order valence-electron chi connectivity index (χ3n) is 1.23. The molecule has 0 aliphatic heterocycles. The van der Waals surface area contributed by atoms with Crippen LogP contribution in [0.3, 0.4) is 0 Å². The lowest BCUT2D eigenvalue weighted by molar-refractivity contribution is -1.92. The van der Waals surface area contributed by atoms with Crippen LogP contribution in [0, 0.1) is 10.2 Å². The molecule has 1 rings (SSSR count). The third-order valence-corrected chi connectivity index (χ3v) is 1.23. The number of aryl methyl sites for hydroxylation is 1. The molecule has 0 fully saturated rings. The van der Waals surface area contributed by atoms with Gasteiger partial charge in [0.25, 0.3) is 0 Å². The minimum Gasteiger partial charge on any atom is -0.385 e. The number of imidazole rings is 1. The van der Waals surface area contributed by atoms with Gasteiger partial charge in [-0.2, -0.15) is 14.0 Å². The number of rotatable bonds is 1. The van der Waals surface area contributed by atoms with E-state index in [4.69, 9.17) is 23.7 Å². The monoisotopic (exact) mass is 226 g/mol. The average Bonchev–Trinajstić information content (AvgIpc) is 2.30. The van der Waals surface area contributed by atoms with E-state index in [1.54, 1.807) is 17.7 Å². The summed E-state index contributed by atoms with van der Waals surface area (Å²) < 4.78 is 34.5. The summed E-state index contributed by atoms with van der Waals surface area (Å²) in [4.78, 5) is 3.93. The highest BCUT2D eigenvalue weighted by Gasteiger charge is 2.03. The number of aliphatic hydroxyl groups is 1. The van der Waals surface area contributed by atoms with Crippen molar-refractivity contribution >= 4 is 0 Å². The summed E-state index contributed by atoms with van der Waals surface area (Å²) in [5, 5.41) is 9.01. The van der Waals surface area contributed by atoms with Gasteiger partial charge in [-0.3, -0.25) is 0 Å². The van der Waals surface area contributed by atoms with Crippen LogP contribution in [0.1, 0.15) is 18.9 Å². The molecule has 1 aromatic rings. The van der Waals surface area contributed by atoms with Crippen molar-refractivity contribution in [2.75, 3.05) is 0 Å². The minimum atomic E-state index is -4.69. The Kier molecular flexibility index (Phi) is 4.99. The lowest BCUT2D eigenvalue weighted by Gasteiger charge is -2.03. The smallest absolute Gasteiger partial charge is 0.137 e. The van der Waals surface area contributed by atoms with Gasteiger partial charge in [-0.1, -0.05) is 0 Å². The minimum absolute atomic E-state index is 0.468. The topological polar surface area (TPSA) is 127 Å². The second-order valence-corrected chi connectivity index (χ2v) is 3.26. The first-order valence-corrected chi connectivity index (χ1v) is 4.76. The fraction of sp³-hybridized carbons (Fsp3) is 0.500. The number of halogens is 1. The van der Waals surface area contributed by atoms with Gasteiger partial charge in [-0.25, -0.2) is 4.98 Å². The van der Waals surface area contributed by atoms with Gasteiger partial charge in [0.1, 0.15) is 11.9 Å². The fourth-order valence-corrected chi connectivity index (χ4v) is 0.780. The highest BCUT2D eigenvalue weighted by molar-refractivity contribution is 4.93. The summed E-state index contributed by atoms with van der Waals surface area (Å²) in [5.74, 6) is 0.704. The molecule has 2 N–H and O–H groups in total. The summed E-state index contributed by atoms with van der Waals surface area (Å²) in [6.45, 7) is 1.70. The van der Waals surface area contributed by atoms with Crippen molar-refractivity contribution in [3.8, 4) is 0 Å². The van der Waals surface area contributed by atoms with Gasteiger partial charge in [0.05, 0.1) is 14.9 Å². The molecule has 0 aromatic carbocycles. The van der Waals surface area contributed by atoms with E-state index in [9.17, 15) is 0 Å². The molecule has 14 heavy (non-hydrogen) atoms. The van der Waals surface area contributed by atoms with Crippen LogP contribution >= 0.6 is 0 Å². The Labute approximate surface area is 82.6 Å². The van der Waals surface area contributed by atoms with Gasteiger partial charge in [0.15, 0.2) is 0 Å². The molecule has 7 nitrogen and oxygen atoms in total. The second-order valence-electron chi connectivity index (χ2n) is 2.47. The Bertz CT molecular complexity index is 263. The SMILES string of the molecule is CC(O)c1nccn1C.[O-][Cl+3]([O-])([O-])O. The Morgan fingerprint density at radius 1 is 1.50 bits per heavy atom. The van der Waals surface area contributed by atoms with Crippen LogP contribution in [0.15, 0.2) is 12.4 Å². The van der Waals surface area contributed by atoms with Crippen molar-refractivity contribution < 1.29 is 34.0 Å². The number of nitrogens with zero attached hydrogens (tertiary/aromatic N) is 2. The van der Waals surface area contributed by atoms with Crippen molar-refractivity contribution in [3.05, 3.63) is 18.2 Å². The predicted octanol–water partition coefficient (Wildman–Crippen LogP) is -3.65. The number of aromatic nitrogens is 2. The van der Waals surface area contributed by atoms with Crippen molar-refractivity contribution in [2.45, 2.75) is 13.0 Å². The van der Waals surface area contributed by atoms with Gasteiger partial charge < -0.3 is 9.67 Å². The van der Waals surface area contributed by atoms with Gasteiger partial charge in [0.2, 0.25) is 0 Å². The van der Waals surface area contributed by atoms with E-state index in [2.05, 4.69) is 4.98 Å². The Hall–Kier alpha value is -0.700. The first-order valence-electron chi connectivity index (χ1n) is 3.50. The zero-order valence-electron chi connectivity index (χ0n) is 7.62. The fourth-order valence-electron chi connectivity index (χ4n) is 0.780. The van der Waals surface area contributed by atoms with E-state index < -0.39 is 16.3 Å². The van der Waals surface area contributed by atoms with E-state index in [-0.39, 0.29) is 0 Å². The zero-order chi connectivity index (χ0) is 11.4. The molecule has 82 valence electrons. The molecular weight excluding hydrogens is 216 g/mol. The molecule has 0 saturated carbocycles. The highest BCUT2D eigenvalue weighted by atomic mass is 35.7. The quantitative estimate of drug-likeness (QED) is 0.508. The molecule has 0 radical (unpaired) electrons. The standard InChI is InChI=1S/C6H10N2O.ClHO4/c1-5(9)6-7-3-4-8(6)2;2-1(3,4)5/h3-5,9H,1-2H3;(H,2,3,4,5). The maximum Gasteiger partial charge on any atom is 0.137 e. The van der Waals surface area contributed by atoms with Crippen molar-refractivity contribution in [1.29, 1.82) is 0 Å². The molecule has 1 aromatic heterocycles. The number of hydrogen-bond acceptors (Lipinski definition) is 6. The summed E-state index contributed by atoms with van der Waals surface area (Å²) in [7, 11) is -2.84. The molecule has 8 heteroatoms. The summed E-state index contributed by atoms with van der Waals surface area (Å²) >= 11 is 0. The van der Waals surface area contributed by atoms with Crippen molar-refractivity contribution in [3.63, 3.8) is 0 Å². The zero-order valence-corrected chi connectivity index (χ0v) is 8.38. The Morgan fingerprint density at radius 3 is 2.07 bits per heavy atom. The largest absolute Gasteiger partial charge is 0.385 e. The van der Waals surface area contributed by atoms with Crippen LogP contribution in [0.4, 0.5) is 0 Å². The lowest BCUT2D eigenvalue weighted by atomic mass is 10.4. The summed E-state index contributed by atoms with van der Waals surface area (Å²) in [5.41, 5.74) is 0. The summed E-state index contributed by atoms with van der Waals surface area (Å²) in [6.07, 6.45) is 3.01. The van der Waals surface area contributed by atoms with E-state index in [0.29, 0.717) is 5.82 Å². The van der Waals surface area contributed by atoms with Crippen LogP contribution in [-0.2, 0) is 7.05 Å². The molecule has 1 heterocycles. The Balaban J connectivity index is 0.000000292. The molecule has 0 spiro atoms. The molecular formula is C6H11ClN2O5. The van der Waals surface area contributed by atoms with Gasteiger partial charge in [-0.15, -0.1) is 0 Å². The van der Waals surface area contributed by atoms with Gasteiger partial charge in [-0.05, 0) is 6.92 Å². The molecule has 0 amide bonds. The maximum absolute atomic E-state index is 9.01. The predicted molar refractivity (Wildman–Crippen MR) is 36.1 cm³/mol.